The molecule has 62 heavy (non-hydrogen) atoms. The van der Waals surface area contributed by atoms with Crippen molar-refractivity contribution in [2.45, 2.75) is 0 Å². The van der Waals surface area contributed by atoms with Crippen LogP contribution < -0.4 is 4.90 Å². The molecule has 3 heterocycles. The van der Waals surface area contributed by atoms with Crippen LogP contribution in [0.5, 0.6) is 0 Å². The molecule has 3 nitrogen and oxygen atoms in total. The molecule has 0 saturated carbocycles. The minimum Gasteiger partial charge on any atom is -0.455 e. The summed E-state index contributed by atoms with van der Waals surface area (Å²) in [5.74, 6) is 0. The minimum absolute atomic E-state index is 0.864. The van der Waals surface area contributed by atoms with Gasteiger partial charge in [0.1, 0.15) is 11.2 Å². The summed E-state index contributed by atoms with van der Waals surface area (Å²) in [6.07, 6.45) is 0. The van der Waals surface area contributed by atoms with Gasteiger partial charge in [-0.05, 0) is 101 Å². The van der Waals surface area contributed by atoms with Crippen molar-refractivity contribution in [2.24, 2.45) is 0 Å². The van der Waals surface area contributed by atoms with Gasteiger partial charge in [0.05, 0.1) is 27.8 Å². The van der Waals surface area contributed by atoms with Crippen LogP contribution in [0.15, 0.2) is 223 Å². The second-order valence-electron chi connectivity index (χ2n) is 16.0. The molecule has 0 unspecified atom stereocenters. The van der Waals surface area contributed by atoms with E-state index < -0.39 is 0 Å². The molecule has 0 fully saturated rings. The fourth-order valence-corrected chi connectivity index (χ4v) is 10.9. The molecule has 3 aromatic heterocycles. The van der Waals surface area contributed by atoms with Crippen molar-refractivity contribution in [2.75, 3.05) is 4.90 Å². The summed E-state index contributed by atoms with van der Waals surface area (Å²) in [5.41, 5.74) is 13.2. The Morgan fingerprint density at radius 1 is 0.403 bits per heavy atom. The molecular formula is C58H36N2OS. The van der Waals surface area contributed by atoms with E-state index in [0.29, 0.717) is 0 Å². The second kappa shape index (κ2) is 13.8. The van der Waals surface area contributed by atoms with Crippen molar-refractivity contribution in [1.29, 1.82) is 0 Å². The molecule has 0 aliphatic carbocycles. The summed E-state index contributed by atoms with van der Waals surface area (Å²) in [7, 11) is 0. The van der Waals surface area contributed by atoms with Crippen molar-refractivity contribution in [3.05, 3.63) is 218 Å². The van der Waals surface area contributed by atoms with Crippen LogP contribution in [0.25, 0.3) is 103 Å². The number of furan rings is 1. The molecule has 0 saturated heterocycles. The maximum absolute atomic E-state index is 6.77. The molecule has 4 heteroatoms. The first-order chi connectivity index (χ1) is 30.7. The average molecular weight is 809 g/mol. The number of nitrogens with zero attached hydrogens (tertiary/aromatic N) is 2. The van der Waals surface area contributed by atoms with Gasteiger partial charge in [0, 0.05) is 58.7 Å². The van der Waals surface area contributed by atoms with Gasteiger partial charge in [-0.25, -0.2) is 0 Å². The van der Waals surface area contributed by atoms with Gasteiger partial charge in [-0.3, -0.25) is 0 Å². The number of hydrogen-bond donors (Lipinski definition) is 0. The maximum Gasteiger partial charge on any atom is 0.143 e. The molecular weight excluding hydrogens is 773 g/mol. The van der Waals surface area contributed by atoms with Crippen LogP contribution in [0.1, 0.15) is 0 Å². The Labute approximate surface area is 361 Å². The lowest BCUT2D eigenvalue weighted by Gasteiger charge is -2.28. The Kier molecular flexibility index (Phi) is 7.78. The van der Waals surface area contributed by atoms with Crippen molar-refractivity contribution in [3.8, 4) is 27.9 Å². The molecule has 290 valence electrons. The summed E-state index contributed by atoms with van der Waals surface area (Å²) in [6.45, 7) is 0. The Bertz CT molecular complexity index is 3870. The van der Waals surface area contributed by atoms with Crippen LogP contribution in [-0.2, 0) is 0 Å². The van der Waals surface area contributed by atoms with E-state index in [1.807, 2.05) is 11.3 Å². The largest absolute Gasteiger partial charge is 0.455 e. The summed E-state index contributed by atoms with van der Waals surface area (Å²) < 4.78 is 11.7. The number of fused-ring (bicyclic) bond motifs is 11. The van der Waals surface area contributed by atoms with Crippen LogP contribution in [-0.4, -0.2) is 4.57 Å². The first kappa shape index (κ1) is 34.9. The van der Waals surface area contributed by atoms with Crippen molar-refractivity contribution < 1.29 is 4.42 Å². The third-order valence-electron chi connectivity index (χ3n) is 12.6. The molecule has 0 radical (unpaired) electrons. The minimum atomic E-state index is 0.864. The fourth-order valence-electron chi connectivity index (χ4n) is 9.75. The van der Waals surface area contributed by atoms with Crippen molar-refractivity contribution in [3.63, 3.8) is 0 Å². The van der Waals surface area contributed by atoms with Crippen LogP contribution in [0, 0.1) is 0 Å². The predicted octanol–water partition coefficient (Wildman–Crippen LogP) is 17.0. The Hall–Kier alpha value is -7.92. The van der Waals surface area contributed by atoms with Crippen molar-refractivity contribution in [1.82, 2.24) is 4.57 Å². The highest BCUT2D eigenvalue weighted by molar-refractivity contribution is 7.25. The monoisotopic (exact) mass is 808 g/mol. The van der Waals surface area contributed by atoms with Gasteiger partial charge in [-0.15, -0.1) is 11.3 Å². The summed E-state index contributed by atoms with van der Waals surface area (Å²) in [5, 5.41) is 9.56. The van der Waals surface area contributed by atoms with Gasteiger partial charge in [0.25, 0.3) is 0 Å². The first-order valence-corrected chi connectivity index (χ1v) is 21.9. The number of thiophene rings is 1. The topological polar surface area (TPSA) is 21.3 Å². The lowest BCUT2D eigenvalue weighted by atomic mass is 9.98. The first-order valence-electron chi connectivity index (χ1n) is 21.1. The molecule has 0 spiro atoms. The number of aromatic nitrogens is 1. The van der Waals surface area contributed by atoms with Crippen LogP contribution in [0.3, 0.4) is 0 Å². The molecule has 0 bridgehead atoms. The number of benzene rings is 10. The Morgan fingerprint density at radius 2 is 1.08 bits per heavy atom. The summed E-state index contributed by atoms with van der Waals surface area (Å²) in [6, 6.07) is 79.2. The average Bonchev–Trinajstić information content (AvgIpc) is 4.02. The zero-order valence-electron chi connectivity index (χ0n) is 33.5. The SMILES string of the molecule is c1ccc(-n2c3ccccc3c3cc(-c4ccc(N(c5ccccc5-c5ccc6c(c5)sc5ccccc56)c5cccc6oc7c8ccccc8ccc7c56)cc4)ccc32)cc1. The van der Waals surface area contributed by atoms with E-state index in [9.17, 15) is 0 Å². The number of hydrogen-bond acceptors (Lipinski definition) is 3. The van der Waals surface area contributed by atoms with E-state index in [2.05, 4.69) is 228 Å². The van der Waals surface area contributed by atoms with Crippen LogP contribution >= 0.6 is 11.3 Å². The van der Waals surface area contributed by atoms with Gasteiger partial charge < -0.3 is 13.9 Å². The van der Waals surface area contributed by atoms with E-state index >= 15 is 0 Å². The smallest absolute Gasteiger partial charge is 0.143 e. The lowest BCUT2D eigenvalue weighted by Crippen LogP contribution is -2.11. The van der Waals surface area contributed by atoms with Gasteiger partial charge in [0.15, 0.2) is 0 Å². The molecule has 13 aromatic rings. The Balaban J connectivity index is 0.998. The Morgan fingerprint density at radius 3 is 1.98 bits per heavy atom. The second-order valence-corrected chi connectivity index (χ2v) is 17.1. The van der Waals surface area contributed by atoms with Gasteiger partial charge >= 0.3 is 0 Å². The number of para-hydroxylation sites is 3. The van der Waals surface area contributed by atoms with E-state index in [1.165, 1.54) is 53.1 Å². The third kappa shape index (κ3) is 5.37. The normalized spacial score (nSPS) is 11.9. The zero-order chi connectivity index (χ0) is 40.7. The van der Waals surface area contributed by atoms with Crippen molar-refractivity contribution >= 4 is 103 Å². The van der Waals surface area contributed by atoms with E-state index in [1.54, 1.807) is 0 Å². The maximum atomic E-state index is 6.77. The predicted molar refractivity (Wildman–Crippen MR) is 264 cm³/mol. The van der Waals surface area contributed by atoms with Gasteiger partial charge in [-0.2, -0.15) is 0 Å². The van der Waals surface area contributed by atoms with E-state index in [-0.39, 0.29) is 0 Å². The molecule has 10 aromatic carbocycles. The van der Waals surface area contributed by atoms with Gasteiger partial charge in [0.2, 0.25) is 0 Å². The summed E-state index contributed by atoms with van der Waals surface area (Å²) in [4.78, 5) is 2.43. The highest BCUT2D eigenvalue weighted by atomic mass is 32.1. The standard InChI is InChI=1S/C58H36N2OS/c1-2-14-41(15-3-1)59-51-21-10-7-18-45(51)49-35-39(29-34-52(49)59)37-25-30-42(31-26-37)60(53-22-12-23-54-57(53)48-33-27-38-13-4-5-17-44(38)58(48)61-54)50-20-9-6-16-43(50)40-28-32-47-46-19-8-11-24-55(46)62-56(47)36-40/h1-36H. The molecule has 0 aliphatic heterocycles. The highest BCUT2D eigenvalue weighted by Crippen LogP contribution is 2.48. The third-order valence-corrected chi connectivity index (χ3v) is 13.7. The molecule has 0 amide bonds. The molecule has 0 atom stereocenters. The molecule has 0 aliphatic rings. The number of rotatable bonds is 6. The molecule has 0 N–H and O–H groups in total. The zero-order valence-corrected chi connectivity index (χ0v) is 34.3. The highest BCUT2D eigenvalue weighted by Gasteiger charge is 2.23. The fraction of sp³-hybridized carbons (Fsp3) is 0. The van der Waals surface area contributed by atoms with E-state index in [0.717, 1.165) is 66.6 Å². The lowest BCUT2D eigenvalue weighted by molar-refractivity contribution is 0.672. The molecule has 13 rings (SSSR count). The summed E-state index contributed by atoms with van der Waals surface area (Å²) >= 11 is 1.86. The van der Waals surface area contributed by atoms with Gasteiger partial charge in [-0.1, -0.05) is 140 Å². The number of anilines is 3. The van der Waals surface area contributed by atoms with Crippen LogP contribution in [0.2, 0.25) is 0 Å². The van der Waals surface area contributed by atoms with Crippen LogP contribution in [0.4, 0.5) is 17.1 Å². The quantitative estimate of drug-likeness (QED) is 0.167. The van der Waals surface area contributed by atoms with E-state index in [4.69, 9.17) is 4.42 Å².